The number of aromatic nitrogens is 3. The first-order valence-corrected chi connectivity index (χ1v) is 35.8. The lowest BCUT2D eigenvalue weighted by molar-refractivity contribution is -0.142. The molecule has 1 aliphatic heterocycles. The van der Waals surface area contributed by atoms with Crippen LogP contribution in [0.3, 0.4) is 0 Å². The van der Waals surface area contributed by atoms with E-state index in [9.17, 15) is 92.3 Å². The number of aliphatic carboxylic acids is 4. The van der Waals surface area contributed by atoms with Crippen LogP contribution in [0.4, 0.5) is 5.69 Å². The summed E-state index contributed by atoms with van der Waals surface area (Å²) in [6.45, 7) is 6.93. The molecule has 7 atom stereocenters. The van der Waals surface area contributed by atoms with Gasteiger partial charge in [-0.3, -0.25) is 86.7 Å². The Labute approximate surface area is 615 Å². The maximum absolute atomic E-state index is 14.4. The van der Waals surface area contributed by atoms with Crippen molar-refractivity contribution in [2.45, 2.75) is 115 Å². The molecule has 11 amide bonds. The van der Waals surface area contributed by atoms with E-state index in [-0.39, 0.29) is 128 Å². The predicted octanol–water partition coefficient (Wildman–Crippen LogP) is -3.14. The fourth-order valence-corrected chi connectivity index (χ4v) is 11.7. The van der Waals surface area contributed by atoms with Crippen LogP contribution >= 0.6 is 11.8 Å². The second-order valence-electron chi connectivity index (χ2n) is 26.3. The number of carboxylic acid groups (broad SMARTS) is 4. The monoisotopic (exact) mass is 1500 g/mol. The molecule has 1 fully saturated rings. The standard InChI is InChI=1S/C68H98N18O19S/c1-39(2)27-50(65(101)79-49(68(104)105)17-26-106-6)80-66(102)52(29-45-31-70-38-74-45)77-55(89)33-73-67(103)60(40(3)4)82-61(97)41(5)75-64(100)51(28-43-30-71-47-10-8-7-9-46(43)47)81-63(99)48(15-16-53(69)87)78-62(98)42-11-13-44(14-12-42)76-54(88)32-72-56(90)34-83-18-20-84(35-57(91)92)22-24-86(37-59(95)96)25-23-85(21-19-83)36-58(93)94/h7-14,30-31,38-41,48-52,60,71H,15-29,32-37H2,1-6H3,(H2,69,87)(H,70,74)(H,72,90)(H,73,103)(H,75,100)(H,76,88)(H,77,89)(H,78,98)(H,79,101)(H,80,102)(H,81,99)(H,82,97)(H,91,92)(H,93,94)(H,95,96)(H,104,105)/t41-,48-,49-,50-,51-,52-,60-/m0/s1. The molecule has 18 N–H and O–H groups in total. The molecule has 2 aromatic heterocycles. The van der Waals surface area contributed by atoms with Gasteiger partial charge in [-0.2, -0.15) is 11.8 Å². The third kappa shape index (κ3) is 30.6. The van der Waals surface area contributed by atoms with Crippen LogP contribution in [0.1, 0.15) is 81.9 Å². The molecule has 0 radical (unpaired) electrons. The molecule has 5 rings (SSSR count). The number of H-pyrrole nitrogens is 2. The molecular formula is C68H98N18O19S. The number of primary amides is 1. The molecule has 1 saturated heterocycles. The number of fused-ring (bicyclic) bond motifs is 1. The van der Waals surface area contributed by atoms with E-state index in [2.05, 4.69) is 68.1 Å². The number of para-hydroxylation sites is 1. The van der Waals surface area contributed by atoms with Gasteiger partial charge < -0.3 is 89.3 Å². The van der Waals surface area contributed by atoms with Gasteiger partial charge in [0.25, 0.3) is 5.91 Å². The van der Waals surface area contributed by atoms with Crippen LogP contribution in [0.25, 0.3) is 10.9 Å². The van der Waals surface area contributed by atoms with Crippen LogP contribution < -0.4 is 58.9 Å². The minimum atomic E-state index is -1.51. The summed E-state index contributed by atoms with van der Waals surface area (Å²) in [6.07, 6.45) is 5.38. The summed E-state index contributed by atoms with van der Waals surface area (Å²) >= 11 is 1.39. The largest absolute Gasteiger partial charge is 0.480 e. The summed E-state index contributed by atoms with van der Waals surface area (Å²) in [7, 11) is 0. The molecule has 1 aliphatic rings. The van der Waals surface area contributed by atoms with E-state index in [0.717, 1.165) is 0 Å². The van der Waals surface area contributed by atoms with Crippen molar-refractivity contribution in [3.8, 4) is 0 Å². The summed E-state index contributed by atoms with van der Waals surface area (Å²) in [4.78, 5) is 213. The number of imidazole rings is 1. The van der Waals surface area contributed by atoms with Crippen molar-refractivity contribution in [1.29, 1.82) is 0 Å². The van der Waals surface area contributed by atoms with Crippen molar-refractivity contribution < 1.29 is 92.3 Å². The normalized spacial score (nSPS) is 15.4. The van der Waals surface area contributed by atoms with Gasteiger partial charge in [0.15, 0.2) is 0 Å². The highest BCUT2D eigenvalue weighted by Crippen LogP contribution is 2.20. The Hall–Kier alpha value is -10.6. The van der Waals surface area contributed by atoms with Crippen molar-refractivity contribution >= 4 is 117 Å². The maximum atomic E-state index is 14.4. The number of aromatic amines is 2. The molecule has 0 unspecified atom stereocenters. The zero-order valence-electron chi connectivity index (χ0n) is 60.0. The molecule has 106 heavy (non-hydrogen) atoms. The lowest BCUT2D eigenvalue weighted by Gasteiger charge is -2.32. The molecule has 580 valence electrons. The van der Waals surface area contributed by atoms with Crippen LogP contribution in [-0.4, -0.2) is 290 Å². The Morgan fingerprint density at radius 3 is 1.60 bits per heavy atom. The fraction of sp³-hybridized carbons (Fsp3) is 0.529. The van der Waals surface area contributed by atoms with E-state index < -0.39 is 157 Å². The SMILES string of the molecule is CSCC[C@H](NC(=O)[C@H](CC(C)C)NC(=O)[C@H](Cc1c[nH]cn1)NC(=O)CNC(=O)[C@@H](NC(=O)[C@H](C)NC(=O)[C@H](Cc1c[nH]c2ccccc12)NC(=O)[C@H](CCC(N)=O)NC(=O)c1ccc(NC(=O)CNC(=O)CN2CCN(CC(=O)O)CCN(CC(=O)O)CCN(CC(=O)O)CC2)cc1)C(C)C)C(=O)O. The number of nitrogens with zero attached hydrogens (tertiary/aromatic N) is 5. The fourth-order valence-electron chi connectivity index (χ4n) is 11.2. The first kappa shape index (κ1) is 86.1. The number of hydrogen-bond donors (Lipinski definition) is 17. The Bertz CT molecular complexity index is 3660. The third-order valence-corrected chi connectivity index (χ3v) is 17.5. The number of nitrogens with one attached hydrogen (secondary N) is 12. The number of hydrogen-bond acceptors (Lipinski definition) is 21. The second kappa shape index (κ2) is 43.6. The molecule has 37 nitrogen and oxygen atoms in total. The number of carboxylic acids is 4. The lowest BCUT2D eigenvalue weighted by Crippen LogP contribution is -2.59. The molecule has 0 aliphatic carbocycles. The molecule has 38 heteroatoms. The smallest absolute Gasteiger partial charge is 0.326 e. The van der Waals surface area contributed by atoms with Gasteiger partial charge in [-0.25, -0.2) is 9.78 Å². The topological polar surface area (TPSA) is 541 Å². The van der Waals surface area contributed by atoms with Crippen molar-refractivity contribution in [3.63, 3.8) is 0 Å². The van der Waals surface area contributed by atoms with Gasteiger partial charge in [0.05, 0.1) is 51.3 Å². The minimum Gasteiger partial charge on any atom is -0.480 e. The number of thioether (sulfide) groups is 1. The van der Waals surface area contributed by atoms with E-state index in [1.807, 2.05) is 0 Å². The van der Waals surface area contributed by atoms with Gasteiger partial charge in [-0.1, -0.05) is 45.9 Å². The number of amides is 11. The van der Waals surface area contributed by atoms with Crippen molar-refractivity contribution in [3.05, 3.63) is 84.1 Å². The summed E-state index contributed by atoms with van der Waals surface area (Å²) in [5.74, 6) is -13.8. The molecule has 2 aromatic carbocycles. The average molecular weight is 1500 g/mol. The summed E-state index contributed by atoms with van der Waals surface area (Å²) < 4.78 is 0. The highest BCUT2D eigenvalue weighted by Gasteiger charge is 2.35. The zero-order chi connectivity index (χ0) is 78.2. The van der Waals surface area contributed by atoms with Crippen molar-refractivity contribution in [2.75, 3.05) is 109 Å². The third-order valence-electron chi connectivity index (χ3n) is 16.9. The molecular weight excluding hydrogens is 1400 g/mol. The van der Waals surface area contributed by atoms with Crippen LogP contribution in [0.5, 0.6) is 0 Å². The van der Waals surface area contributed by atoms with Crippen molar-refractivity contribution in [2.24, 2.45) is 17.6 Å². The Morgan fingerprint density at radius 2 is 1.07 bits per heavy atom. The van der Waals surface area contributed by atoms with Gasteiger partial charge in [0.2, 0.25) is 59.1 Å². The first-order chi connectivity index (χ1) is 50.3. The van der Waals surface area contributed by atoms with Crippen LogP contribution in [0.15, 0.2) is 67.3 Å². The van der Waals surface area contributed by atoms with Gasteiger partial charge in [-0.15, -0.1) is 0 Å². The summed E-state index contributed by atoms with van der Waals surface area (Å²) in [6, 6.07) is 2.97. The second-order valence-corrected chi connectivity index (χ2v) is 27.3. The number of carbonyl (C=O) groups excluding carboxylic acids is 11. The van der Waals surface area contributed by atoms with Crippen LogP contribution in [-0.2, 0) is 80.0 Å². The number of benzene rings is 2. The Morgan fingerprint density at radius 1 is 0.538 bits per heavy atom. The van der Waals surface area contributed by atoms with Crippen LogP contribution in [0.2, 0.25) is 0 Å². The molecule has 0 saturated carbocycles. The highest BCUT2D eigenvalue weighted by molar-refractivity contribution is 7.98. The van der Waals surface area contributed by atoms with Crippen LogP contribution in [0, 0.1) is 11.8 Å². The number of anilines is 1. The van der Waals surface area contributed by atoms with Gasteiger partial charge in [0.1, 0.15) is 42.3 Å². The lowest BCUT2D eigenvalue weighted by atomic mass is 10.0. The molecule has 4 aromatic rings. The number of nitrogens with two attached hydrogens (primary N) is 1. The first-order valence-electron chi connectivity index (χ1n) is 34.4. The zero-order valence-corrected chi connectivity index (χ0v) is 60.8. The summed E-state index contributed by atoms with van der Waals surface area (Å²) in [5, 5.41) is 64.7. The van der Waals surface area contributed by atoms with Gasteiger partial charge in [0, 0.05) is 106 Å². The Kier molecular flexibility index (Phi) is 35.4. The Balaban J connectivity index is 1.22. The maximum Gasteiger partial charge on any atom is 0.326 e. The molecule has 0 spiro atoms. The predicted molar refractivity (Wildman–Crippen MR) is 386 cm³/mol. The quantitative estimate of drug-likeness (QED) is 0.0209. The molecule has 0 bridgehead atoms. The molecule has 3 heterocycles. The van der Waals surface area contributed by atoms with E-state index in [0.29, 0.717) is 27.9 Å². The number of rotatable bonds is 41. The van der Waals surface area contributed by atoms with E-state index in [4.69, 9.17) is 5.73 Å². The van der Waals surface area contributed by atoms with E-state index in [1.165, 1.54) is 55.5 Å². The highest BCUT2D eigenvalue weighted by atomic mass is 32.2. The summed E-state index contributed by atoms with van der Waals surface area (Å²) in [5.41, 5.74) is 7.25. The van der Waals surface area contributed by atoms with E-state index >= 15 is 0 Å². The van der Waals surface area contributed by atoms with Gasteiger partial charge in [-0.05, 0) is 85.9 Å². The average Bonchev–Trinajstić information content (AvgIpc) is 1.68. The van der Waals surface area contributed by atoms with Gasteiger partial charge >= 0.3 is 23.9 Å². The van der Waals surface area contributed by atoms with Crippen molar-refractivity contribution in [1.82, 2.24) is 82.4 Å². The number of carbonyl (C=O) groups is 15. The minimum absolute atomic E-state index is 0.0260. The van der Waals surface area contributed by atoms with E-state index in [1.54, 1.807) is 84.0 Å².